The first kappa shape index (κ1) is 15.4. The summed E-state index contributed by atoms with van der Waals surface area (Å²) in [7, 11) is 1.68. The van der Waals surface area contributed by atoms with Gasteiger partial charge >= 0.3 is 0 Å². The summed E-state index contributed by atoms with van der Waals surface area (Å²) in [6, 6.07) is 0.211. The summed E-state index contributed by atoms with van der Waals surface area (Å²) in [5.41, 5.74) is 5.97. The Labute approximate surface area is 111 Å². The molecule has 18 heavy (non-hydrogen) atoms. The Morgan fingerprint density at radius 1 is 1.39 bits per heavy atom. The molecule has 106 valence electrons. The van der Waals surface area contributed by atoms with Gasteiger partial charge in [0.15, 0.2) is 0 Å². The lowest BCUT2D eigenvalue weighted by Crippen LogP contribution is -2.42. The summed E-state index contributed by atoms with van der Waals surface area (Å²) in [5, 5.41) is 0. The second-order valence-electron chi connectivity index (χ2n) is 5.30. The number of ether oxygens (including phenoxy) is 1. The lowest BCUT2D eigenvalue weighted by atomic mass is 9.85. The van der Waals surface area contributed by atoms with E-state index in [-0.39, 0.29) is 17.9 Å². The molecule has 1 amide bonds. The molecule has 0 aromatic rings. The summed E-state index contributed by atoms with van der Waals surface area (Å²) < 4.78 is 5.09. The lowest BCUT2D eigenvalue weighted by molar-refractivity contribution is -0.137. The molecular formula is C14H28N2O2. The van der Waals surface area contributed by atoms with Crippen molar-refractivity contribution in [3.05, 3.63) is 0 Å². The van der Waals surface area contributed by atoms with Crippen LogP contribution in [-0.2, 0) is 9.53 Å². The van der Waals surface area contributed by atoms with Crippen molar-refractivity contribution in [2.24, 2.45) is 11.7 Å². The minimum absolute atomic E-state index is 0.141. The van der Waals surface area contributed by atoms with Crippen LogP contribution in [0.5, 0.6) is 0 Å². The van der Waals surface area contributed by atoms with Crippen molar-refractivity contribution in [1.82, 2.24) is 4.90 Å². The number of unbranched alkanes of at least 4 members (excludes halogenated alkanes) is 1. The van der Waals surface area contributed by atoms with E-state index in [1.165, 1.54) is 0 Å². The number of methoxy groups -OCH3 is 1. The highest BCUT2D eigenvalue weighted by Gasteiger charge is 2.28. The molecule has 1 rings (SSSR count). The maximum absolute atomic E-state index is 12.5. The molecule has 2 unspecified atom stereocenters. The molecule has 1 aliphatic rings. The van der Waals surface area contributed by atoms with E-state index in [0.29, 0.717) is 13.2 Å². The monoisotopic (exact) mass is 256 g/mol. The van der Waals surface area contributed by atoms with Gasteiger partial charge in [0.2, 0.25) is 5.91 Å². The van der Waals surface area contributed by atoms with Gasteiger partial charge in [-0.25, -0.2) is 0 Å². The summed E-state index contributed by atoms with van der Waals surface area (Å²) in [5.74, 6) is 0.429. The SMILES string of the molecule is CCCCN(CCOC)C(=O)C1CCCC(N)C1. The van der Waals surface area contributed by atoms with Gasteiger partial charge in [-0.15, -0.1) is 0 Å². The van der Waals surface area contributed by atoms with Crippen molar-refractivity contribution >= 4 is 5.91 Å². The molecule has 1 aliphatic carbocycles. The molecule has 0 saturated heterocycles. The van der Waals surface area contributed by atoms with Crippen molar-refractivity contribution < 1.29 is 9.53 Å². The van der Waals surface area contributed by atoms with Crippen LogP contribution >= 0.6 is 0 Å². The largest absolute Gasteiger partial charge is 0.383 e. The highest BCUT2D eigenvalue weighted by atomic mass is 16.5. The van der Waals surface area contributed by atoms with Gasteiger partial charge in [-0.05, 0) is 25.7 Å². The van der Waals surface area contributed by atoms with Crippen molar-refractivity contribution in [3.63, 3.8) is 0 Å². The first-order valence-corrected chi connectivity index (χ1v) is 7.22. The standard InChI is InChI=1S/C14H28N2O2/c1-3-4-8-16(9-10-18-2)14(17)12-6-5-7-13(15)11-12/h12-13H,3-11,15H2,1-2H3. The number of hydrogen-bond donors (Lipinski definition) is 1. The average molecular weight is 256 g/mol. The fraction of sp³-hybridized carbons (Fsp3) is 0.929. The normalized spacial score (nSPS) is 23.9. The van der Waals surface area contributed by atoms with Crippen LogP contribution in [0, 0.1) is 5.92 Å². The number of nitrogens with zero attached hydrogens (tertiary/aromatic N) is 1. The van der Waals surface area contributed by atoms with E-state index < -0.39 is 0 Å². The van der Waals surface area contributed by atoms with Crippen LogP contribution in [0.2, 0.25) is 0 Å². The fourth-order valence-corrected chi connectivity index (χ4v) is 2.59. The number of nitrogens with two attached hydrogens (primary N) is 1. The average Bonchev–Trinajstić information content (AvgIpc) is 2.38. The summed E-state index contributed by atoms with van der Waals surface area (Å²) in [6.45, 7) is 4.33. The molecule has 0 spiro atoms. The number of amides is 1. The fourth-order valence-electron chi connectivity index (χ4n) is 2.59. The lowest BCUT2D eigenvalue weighted by Gasteiger charge is -2.31. The van der Waals surface area contributed by atoms with Gasteiger partial charge in [0.1, 0.15) is 0 Å². The van der Waals surface area contributed by atoms with Crippen LogP contribution in [0.25, 0.3) is 0 Å². The second kappa shape index (κ2) is 8.48. The maximum atomic E-state index is 12.5. The van der Waals surface area contributed by atoms with E-state index in [9.17, 15) is 4.79 Å². The maximum Gasteiger partial charge on any atom is 0.225 e. The third-order valence-electron chi connectivity index (χ3n) is 3.72. The molecule has 0 aromatic heterocycles. The Bertz CT molecular complexity index is 238. The van der Waals surface area contributed by atoms with Crippen molar-refractivity contribution in [2.45, 2.75) is 51.5 Å². The van der Waals surface area contributed by atoms with E-state index >= 15 is 0 Å². The zero-order chi connectivity index (χ0) is 13.4. The summed E-state index contributed by atoms with van der Waals surface area (Å²) in [6.07, 6.45) is 6.19. The van der Waals surface area contributed by atoms with E-state index in [1.54, 1.807) is 7.11 Å². The Hall–Kier alpha value is -0.610. The number of rotatable bonds is 7. The minimum Gasteiger partial charge on any atom is -0.383 e. The molecule has 0 heterocycles. The Morgan fingerprint density at radius 3 is 2.78 bits per heavy atom. The van der Waals surface area contributed by atoms with E-state index in [1.807, 2.05) is 4.90 Å². The highest BCUT2D eigenvalue weighted by molar-refractivity contribution is 5.79. The Balaban J connectivity index is 2.50. The van der Waals surface area contributed by atoms with Gasteiger partial charge in [0.25, 0.3) is 0 Å². The molecule has 0 aromatic carbocycles. The third kappa shape index (κ3) is 4.94. The highest BCUT2D eigenvalue weighted by Crippen LogP contribution is 2.25. The van der Waals surface area contributed by atoms with E-state index in [2.05, 4.69) is 6.92 Å². The van der Waals surface area contributed by atoms with Crippen molar-refractivity contribution in [2.75, 3.05) is 26.8 Å². The number of carbonyl (C=O) groups excluding carboxylic acids is 1. The summed E-state index contributed by atoms with van der Waals surface area (Å²) >= 11 is 0. The Morgan fingerprint density at radius 2 is 2.17 bits per heavy atom. The molecule has 2 N–H and O–H groups in total. The molecule has 0 radical (unpaired) electrons. The van der Waals surface area contributed by atoms with Gasteiger partial charge in [0, 0.05) is 32.2 Å². The molecular weight excluding hydrogens is 228 g/mol. The smallest absolute Gasteiger partial charge is 0.225 e. The number of carbonyl (C=O) groups is 1. The zero-order valence-electron chi connectivity index (χ0n) is 11.9. The molecule has 2 atom stereocenters. The molecule has 4 nitrogen and oxygen atoms in total. The van der Waals surface area contributed by atoms with Crippen molar-refractivity contribution in [3.8, 4) is 0 Å². The van der Waals surface area contributed by atoms with Crippen LogP contribution in [-0.4, -0.2) is 43.7 Å². The first-order valence-electron chi connectivity index (χ1n) is 7.22. The van der Waals surface area contributed by atoms with Gasteiger partial charge in [-0.1, -0.05) is 19.8 Å². The zero-order valence-corrected chi connectivity index (χ0v) is 11.9. The number of hydrogen-bond acceptors (Lipinski definition) is 3. The molecule has 4 heteroatoms. The van der Waals surface area contributed by atoms with Gasteiger partial charge < -0.3 is 15.4 Å². The quantitative estimate of drug-likeness (QED) is 0.755. The molecule has 1 saturated carbocycles. The van der Waals surface area contributed by atoms with Gasteiger partial charge in [-0.2, -0.15) is 0 Å². The third-order valence-corrected chi connectivity index (χ3v) is 3.72. The van der Waals surface area contributed by atoms with Crippen LogP contribution in [0.15, 0.2) is 0 Å². The topological polar surface area (TPSA) is 55.6 Å². The van der Waals surface area contributed by atoms with Crippen molar-refractivity contribution in [1.29, 1.82) is 0 Å². The van der Waals surface area contributed by atoms with Crippen LogP contribution in [0.4, 0.5) is 0 Å². The molecule has 0 bridgehead atoms. The van der Waals surface area contributed by atoms with Crippen LogP contribution < -0.4 is 5.73 Å². The molecule has 0 aliphatic heterocycles. The first-order chi connectivity index (χ1) is 8.69. The van der Waals surface area contributed by atoms with Gasteiger partial charge in [0.05, 0.1) is 6.61 Å². The van der Waals surface area contributed by atoms with E-state index in [0.717, 1.165) is 45.1 Å². The predicted molar refractivity (Wildman–Crippen MR) is 73.3 cm³/mol. The van der Waals surface area contributed by atoms with Gasteiger partial charge in [-0.3, -0.25) is 4.79 Å². The Kier molecular flexibility index (Phi) is 7.28. The molecule has 1 fully saturated rings. The second-order valence-corrected chi connectivity index (χ2v) is 5.30. The predicted octanol–water partition coefficient (Wildman–Crippen LogP) is 1.78. The van der Waals surface area contributed by atoms with Crippen LogP contribution in [0.3, 0.4) is 0 Å². The van der Waals surface area contributed by atoms with Crippen LogP contribution in [0.1, 0.15) is 45.4 Å². The van der Waals surface area contributed by atoms with E-state index in [4.69, 9.17) is 10.5 Å². The summed E-state index contributed by atoms with van der Waals surface area (Å²) in [4.78, 5) is 14.4. The minimum atomic E-state index is 0.141.